The van der Waals surface area contributed by atoms with Crippen LogP contribution in [0.4, 0.5) is 0 Å². The molecule has 0 aromatic heterocycles. The molecule has 0 unspecified atom stereocenters. The van der Waals surface area contributed by atoms with Gasteiger partial charge in [0.1, 0.15) is 0 Å². The molecule has 0 radical (unpaired) electrons. The van der Waals surface area contributed by atoms with Crippen LogP contribution >= 0.6 is 0 Å². The summed E-state index contributed by atoms with van der Waals surface area (Å²) in [4.78, 5) is 12.1. The summed E-state index contributed by atoms with van der Waals surface area (Å²) in [6, 6.07) is 0. The summed E-state index contributed by atoms with van der Waals surface area (Å²) in [6.07, 6.45) is 69.8. The summed E-state index contributed by atoms with van der Waals surface area (Å²) in [6.45, 7) is 7.63. The van der Waals surface area contributed by atoms with Crippen molar-refractivity contribution >= 4 is 5.97 Å². The van der Waals surface area contributed by atoms with E-state index in [1.165, 1.54) is 302 Å². The van der Waals surface area contributed by atoms with E-state index in [0.29, 0.717) is 13.0 Å². The minimum absolute atomic E-state index is 0.0354. The smallest absolute Gasteiger partial charge is 0.305 e. The van der Waals surface area contributed by atoms with Crippen molar-refractivity contribution in [2.24, 2.45) is 5.92 Å². The molecule has 2 nitrogen and oxygen atoms in total. The Morgan fingerprint density at radius 3 is 0.741 bits per heavy atom. The second-order valence-electron chi connectivity index (χ2n) is 19.8. The lowest BCUT2D eigenvalue weighted by atomic mass is 10.0. The van der Waals surface area contributed by atoms with Gasteiger partial charge < -0.3 is 4.74 Å². The van der Waals surface area contributed by atoms with E-state index < -0.39 is 0 Å². The molecule has 58 heavy (non-hydrogen) atoms. The van der Waals surface area contributed by atoms with Gasteiger partial charge in [-0.1, -0.05) is 323 Å². The van der Waals surface area contributed by atoms with Gasteiger partial charge in [-0.2, -0.15) is 0 Å². The monoisotopic (exact) mass is 817 g/mol. The summed E-state index contributed by atoms with van der Waals surface area (Å²) in [5.74, 6) is 0.921. The molecule has 348 valence electrons. The highest BCUT2D eigenvalue weighted by Gasteiger charge is 2.03. The molecular weight excluding hydrogens is 705 g/mol. The normalized spacial score (nSPS) is 11.7. The Kier molecular flexibility index (Phi) is 52.1. The van der Waals surface area contributed by atoms with Crippen LogP contribution in [-0.2, 0) is 9.53 Å². The maximum absolute atomic E-state index is 12.1. The van der Waals surface area contributed by atoms with E-state index in [1.54, 1.807) is 0 Å². The van der Waals surface area contributed by atoms with Crippen molar-refractivity contribution in [1.82, 2.24) is 0 Å². The predicted octanol–water partition coefficient (Wildman–Crippen LogP) is 20.7. The lowest BCUT2D eigenvalue weighted by Gasteiger charge is -2.06. The van der Waals surface area contributed by atoms with Gasteiger partial charge >= 0.3 is 5.97 Å². The van der Waals surface area contributed by atoms with Gasteiger partial charge in [0, 0.05) is 6.42 Å². The predicted molar refractivity (Wildman–Crippen MR) is 262 cm³/mol. The van der Waals surface area contributed by atoms with Crippen LogP contribution in [0.2, 0.25) is 0 Å². The van der Waals surface area contributed by atoms with E-state index >= 15 is 0 Å². The molecule has 0 rings (SSSR count). The van der Waals surface area contributed by atoms with Gasteiger partial charge in [0.2, 0.25) is 0 Å². The summed E-state index contributed by atoms with van der Waals surface area (Å²) >= 11 is 0. The zero-order valence-corrected chi connectivity index (χ0v) is 41.0. The molecule has 0 bridgehead atoms. The third kappa shape index (κ3) is 53.5. The molecule has 0 saturated carbocycles. The van der Waals surface area contributed by atoms with Crippen LogP contribution in [0.3, 0.4) is 0 Å². The molecule has 0 atom stereocenters. The van der Waals surface area contributed by atoms with Crippen molar-refractivity contribution in [2.45, 2.75) is 342 Å². The highest BCUT2D eigenvalue weighted by Crippen LogP contribution is 2.18. The molecule has 0 heterocycles. The zero-order valence-electron chi connectivity index (χ0n) is 41.0. The van der Waals surface area contributed by atoms with Crippen molar-refractivity contribution in [3.63, 3.8) is 0 Å². The minimum atomic E-state index is 0.0354. The summed E-state index contributed by atoms with van der Waals surface area (Å²) in [5.41, 5.74) is 0. The number of unbranched alkanes of at least 4 members (excludes halogenated alkanes) is 46. The number of rotatable bonds is 52. The van der Waals surface area contributed by atoms with Crippen LogP contribution in [0.5, 0.6) is 0 Å². The quantitative estimate of drug-likeness (QED) is 0.0451. The molecule has 0 aliphatic rings. The minimum Gasteiger partial charge on any atom is -0.466 e. The van der Waals surface area contributed by atoms with Gasteiger partial charge in [-0.05, 0) is 18.8 Å². The molecule has 0 spiro atoms. The lowest BCUT2D eigenvalue weighted by Crippen LogP contribution is -2.05. The van der Waals surface area contributed by atoms with Gasteiger partial charge in [0.15, 0.2) is 0 Å². The van der Waals surface area contributed by atoms with E-state index in [4.69, 9.17) is 4.74 Å². The van der Waals surface area contributed by atoms with E-state index in [0.717, 1.165) is 18.8 Å². The van der Waals surface area contributed by atoms with E-state index in [2.05, 4.69) is 20.8 Å². The second-order valence-corrected chi connectivity index (χ2v) is 19.8. The molecule has 2 heteroatoms. The molecule has 0 aliphatic heterocycles. The number of hydrogen-bond acceptors (Lipinski definition) is 2. The fourth-order valence-corrected chi connectivity index (χ4v) is 9.03. The Bertz CT molecular complexity index is 730. The molecule has 0 aromatic carbocycles. The average Bonchev–Trinajstić information content (AvgIpc) is 3.22. The first kappa shape index (κ1) is 57.5. The average molecular weight is 818 g/mol. The Hall–Kier alpha value is -0.530. The summed E-state index contributed by atoms with van der Waals surface area (Å²) in [5, 5.41) is 0. The zero-order chi connectivity index (χ0) is 41.9. The van der Waals surface area contributed by atoms with E-state index in [9.17, 15) is 4.79 Å². The van der Waals surface area contributed by atoms with Crippen molar-refractivity contribution in [2.75, 3.05) is 6.61 Å². The van der Waals surface area contributed by atoms with Crippen molar-refractivity contribution in [3.8, 4) is 0 Å². The first-order valence-corrected chi connectivity index (χ1v) is 27.8. The van der Waals surface area contributed by atoms with Crippen LogP contribution in [0.15, 0.2) is 0 Å². The van der Waals surface area contributed by atoms with Crippen LogP contribution in [0, 0.1) is 5.92 Å². The standard InChI is InChI=1S/C56H112O2/c1-4-5-6-7-8-9-10-11-12-13-14-15-16-17-20-23-26-29-32-35-38-41-44-47-50-53-56(57)58-54-51-48-45-42-39-36-33-30-27-24-21-18-19-22-25-28-31-34-37-40-43-46-49-52-55(2)3/h55H,4-54H2,1-3H3. The van der Waals surface area contributed by atoms with Gasteiger partial charge in [0.25, 0.3) is 0 Å². The largest absolute Gasteiger partial charge is 0.466 e. The fraction of sp³-hybridized carbons (Fsp3) is 0.982. The molecule has 0 saturated heterocycles. The molecular formula is C56H112O2. The topological polar surface area (TPSA) is 26.3 Å². The molecule has 0 N–H and O–H groups in total. The Labute approximate surface area is 368 Å². The molecule has 0 aromatic rings. The molecule has 0 amide bonds. The van der Waals surface area contributed by atoms with Crippen molar-refractivity contribution in [1.29, 1.82) is 0 Å². The molecule has 0 aliphatic carbocycles. The number of carbonyl (C=O) groups is 1. The van der Waals surface area contributed by atoms with Gasteiger partial charge in [0.05, 0.1) is 6.61 Å². The number of hydrogen-bond donors (Lipinski definition) is 0. The third-order valence-electron chi connectivity index (χ3n) is 13.2. The number of carbonyl (C=O) groups excluding carboxylic acids is 1. The van der Waals surface area contributed by atoms with E-state index in [1.807, 2.05) is 0 Å². The third-order valence-corrected chi connectivity index (χ3v) is 13.2. The van der Waals surface area contributed by atoms with E-state index in [-0.39, 0.29) is 5.97 Å². The molecule has 0 fully saturated rings. The summed E-state index contributed by atoms with van der Waals surface area (Å²) in [7, 11) is 0. The number of ether oxygens (including phenoxy) is 1. The SMILES string of the molecule is CCCCCCCCCCCCCCCCCCCCCCCCCCCC(=O)OCCCCCCCCCCCCCCCCCCCCCCCCCC(C)C. The van der Waals surface area contributed by atoms with Gasteiger partial charge in [-0.15, -0.1) is 0 Å². The Balaban J connectivity index is 3.14. The van der Waals surface area contributed by atoms with Crippen LogP contribution in [-0.4, -0.2) is 12.6 Å². The highest BCUT2D eigenvalue weighted by molar-refractivity contribution is 5.69. The van der Waals surface area contributed by atoms with Crippen LogP contribution in [0.1, 0.15) is 342 Å². The lowest BCUT2D eigenvalue weighted by molar-refractivity contribution is -0.143. The highest BCUT2D eigenvalue weighted by atomic mass is 16.5. The Morgan fingerprint density at radius 1 is 0.293 bits per heavy atom. The Morgan fingerprint density at radius 2 is 0.500 bits per heavy atom. The summed E-state index contributed by atoms with van der Waals surface area (Å²) < 4.78 is 5.51. The fourth-order valence-electron chi connectivity index (χ4n) is 9.03. The first-order chi connectivity index (χ1) is 28.7. The van der Waals surface area contributed by atoms with Crippen molar-refractivity contribution in [3.05, 3.63) is 0 Å². The first-order valence-electron chi connectivity index (χ1n) is 27.8. The van der Waals surface area contributed by atoms with Crippen molar-refractivity contribution < 1.29 is 9.53 Å². The van der Waals surface area contributed by atoms with Crippen LogP contribution < -0.4 is 0 Å². The second kappa shape index (κ2) is 52.6. The van der Waals surface area contributed by atoms with Crippen LogP contribution in [0.25, 0.3) is 0 Å². The van der Waals surface area contributed by atoms with Gasteiger partial charge in [-0.25, -0.2) is 0 Å². The number of esters is 1. The maximum atomic E-state index is 12.1. The maximum Gasteiger partial charge on any atom is 0.305 e. The van der Waals surface area contributed by atoms with Gasteiger partial charge in [-0.3, -0.25) is 4.79 Å².